The normalized spacial score (nSPS) is 12.8. The van der Waals surface area contributed by atoms with E-state index in [2.05, 4.69) is 211 Å². The second-order valence-corrected chi connectivity index (χ2v) is 17.6. The Hall–Kier alpha value is -8.09. The quantitative estimate of drug-likeness (QED) is 0.160. The van der Waals surface area contributed by atoms with Gasteiger partial charge in [-0.3, -0.25) is 4.57 Å². The molecule has 8 aromatic carbocycles. The third kappa shape index (κ3) is 6.21. The maximum atomic E-state index is 6.84. The van der Waals surface area contributed by atoms with Crippen LogP contribution in [-0.4, -0.2) is 16.2 Å². The van der Waals surface area contributed by atoms with Gasteiger partial charge in [0.15, 0.2) is 0 Å². The predicted octanol–water partition coefficient (Wildman–Crippen LogP) is 15.7. The minimum atomic E-state index is -0.0515. The van der Waals surface area contributed by atoms with Gasteiger partial charge >= 0.3 is 0 Å². The second kappa shape index (κ2) is 14.8. The topological polar surface area (TPSA) is 46.7 Å². The summed E-state index contributed by atoms with van der Waals surface area (Å²) in [6.07, 6.45) is 1.92. The number of fused-ring (bicyclic) bond motifs is 8. The van der Waals surface area contributed by atoms with Crippen LogP contribution < -0.4 is 14.5 Å². The van der Waals surface area contributed by atoms with Crippen molar-refractivity contribution in [3.8, 4) is 39.6 Å². The summed E-state index contributed by atoms with van der Waals surface area (Å²) in [5, 5.41) is 4.33. The van der Waals surface area contributed by atoms with Gasteiger partial charge in [0.05, 0.1) is 33.5 Å². The van der Waals surface area contributed by atoms with Crippen LogP contribution in [0, 0.1) is 0 Å². The molecule has 64 heavy (non-hydrogen) atoms. The summed E-state index contributed by atoms with van der Waals surface area (Å²) in [6.45, 7) is 7.33. The maximum absolute atomic E-state index is 6.84. The molecule has 0 unspecified atom stereocenters. The zero-order valence-electron chi connectivity index (χ0n) is 35.9. The number of pyridine rings is 1. The van der Waals surface area contributed by atoms with Gasteiger partial charge in [0.2, 0.25) is 0 Å². The van der Waals surface area contributed by atoms with Gasteiger partial charge < -0.3 is 19.0 Å². The summed E-state index contributed by atoms with van der Waals surface area (Å²) in [7, 11) is 0. The molecule has 308 valence electrons. The zero-order valence-corrected chi connectivity index (χ0v) is 35.9. The van der Waals surface area contributed by atoms with Crippen molar-refractivity contribution in [2.24, 2.45) is 0 Å². The van der Waals surface area contributed by atoms with Crippen LogP contribution in [0.25, 0.3) is 71.8 Å². The molecule has 0 atom stereocenters. The van der Waals surface area contributed by atoms with Crippen LogP contribution in [-0.2, 0) is 5.41 Å². The molecule has 0 saturated carbocycles. The Labute approximate surface area is 371 Å². The fourth-order valence-corrected chi connectivity index (χ4v) is 9.59. The van der Waals surface area contributed by atoms with Crippen LogP contribution in [0.4, 0.5) is 22.7 Å². The molecule has 12 rings (SSSR count). The number of nitrogens with zero attached hydrogens (tertiary/aromatic N) is 4. The van der Waals surface area contributed by atoms with Crippen LogP contribution >= 0.6 is 0 Å². The summed E-state index contributed by atoms with van der Waals surface area (Å²) < 4.78 is 15.7. The lowest BCUT2D eigenvalue weighted by molar-refractivity contribution is 0.483. The molecule has 0 N–H and O–H groups in total. The van der Waals surface area contributed by atoms with E-state index in [1.807, 2.05) is 24.4 Å². The summed E-state index contributed by atoms with van der Waals surface area (Å²) in [5.74, 6) is 2.33. The maximum Gasteiger partial charge on any atom is 0.145 e. The molecule has 0 spiro atoms. The summed E-state index contributed by atoms with van der Waals surface area (Å²) >= 11 is 0. The lowest BCUT2D eigenvalue weighted by atomic mass is 9.88. The number of hydrogen-bond acceptors (Lipinski definition) is 5. The molecular formula is C58H44N4O2. The highest BCUT2D eigenvalue weighted by molar-refractivity contribution is 6.24. The molecule has 6 heteroatoms. The Kier molecular flexibility index (Phi) is 8.70. The number of hydrogen-bond donors (Lipinski definition) is 0. The number of furan rings is 1. The van der Waals surface area contributed by atoms with Crippen LogP contribution in [0.5, 0.6) is 11.5 Å². The lowest BCUT2D eigenvalue weighted by Crippen LogP contribution is -2.24. The molecule has 0 bridgehead atoms. The van der Waals surface area contributed by atoms with E-state index >= 15 is 0 Å². The van der Waals surface area contributed by atoms with E-state index in [0.29, 0.717) is 6.67 Å². The molecule has 6 nitrogen and oxygen atoms in total. The van der Waals surface area contributed by atoms with Crippen LogP contribution in [0.3, 0.4) is 0 Å². The van der Waals surface area contributed by atoms with Gasteiger partial charge in [0.1, 0.15) is 35.2 Å². The Morgan fingerprint density at radius 2 is 1.19 bits per heavy atom. The van der Waals surface area contributed by atoms with Gasteiger partial charge in [-0.05, 0) is 88.8 Å². The number of rotatable bonds is 7. The van der Waals surface area contributed by atoms with Gasteiger partial charge in [-0.2, -0.15) is 0 Å². The van der Waals surface area contributed by atoms with E-state index in [9.17, 15) is 0 Å². The molecule has 0 saturated heterocycles. The SMILES string of the molecule is CC(C)(C)c1ccnc(-n2c3cc(Oc4cccc(N5CN(c6c(-c7ccccc7)cccc6-c6ccccc6)c6ccccc65)c4)ccc3c3c4oc5ccccc5c4ccc32)c1. The van der Waals surface area contributed by atoms with E-state index in [4.69, 9.17) is 14.1 Å². The van der Waals surface area contributed by atoms with Crippen molar-refractivity contribution >= 4 is 66.5 Å². The summed E-state index contributed by atoms with van der Waals surface area (Å²) in [4.78, 5) is 9.80. The molecule has 0 radical (unpaired) electrons. The number of aromatic nitrogens is 2. The Balaban J connectivity index is 0.955. The average Bonchev–Trinajstić information content (AvgIpc) is 4.01. The first-order valence-corrected chi connectivity index (χ1v) is 21.9. The first-order chi connectivity index (χ1) is 31.4. The molecule has 0 aliphatic carbocycles. The molecule has 11 aromatic rings. The Morgan fingerprint density at radius 3 is 1.94 bits per heavy atom. The third-order valence-electron chi connectivity index (χ3n) is 12.7. The fourth-order valence-electron chi connectivity index (χ4n) is 9.59. The molecule has 4 heterocycles. The van der Waals surface area contributed by atoms with Crippen molar-refractivity contribution in [2.45, 2.75) is 26.2 Å². The predicted molar refractivity (Wildman–Crippen MR) is 264 cm³/mol. The van der Waals surface area contributed by atoms with Gasteiger partial charge in [-0.1, -0.05) is 136 Å². The van der Waals surface area contributed by atoms with E-state index in [1.54, 1.807) is 0 Å². The van der Waals surface area contributed by atoms with Crippen molar-refractivity contribution < 1.29 is 9.15 Å². The Morgan fingerprint density at radius 1 is 0.531 bits per heavy atom. The Bertz CT molecular complexity index is 3510. The van der Waals surface area contributed by atoms with Gasteiger partial charge in [-0.15, -0.1) is 0 Å². The standard InChI is InChI=1S/C58H44N4O2/c1-58(2,3)40-32-33-59-54(34-40)62-51-31-30-47-46-22-10-13-27-53(46)64-57(47)55(51)48-29-28-43(36-52(48)62)63-42-21-14-20-41(35-42)60-37-61(50-26-12-11-25-49(50)60)56-44(38-16-6-4-7-17-38)23-15-24-45(56)39-18-8-5-9-19-39/h4-36H,37H2,1-3H3. The van der Waals surface area contributed by atoms with Crippen LogP contribution in [0.2, 0.25) is 0 Å². The largest absolute Gasteiger partial charge is 0.457 e. The van der Waals surface area contributed by atoms with Crippen molar-refractivity contribution in [1.29, 1.82) is 0 Å². The summed E-state index contributed by atoms with van der Waals surface area (Å²) in [6, 6.07) is 68.5. The summed E-state index contributed by atoms with van der Waals surface area (Å²) in [5.41, 5.74) is 14.1. The minimum Gasteiger partial charge on any atom is -0.457 e. The molecule has 1 aliphatic rings. The highest BCUT2D eigenvalue weighted by atomic mass is 16.5. The smallest absolute Gasteiger partial charge is 0.145 e. The van der Waals surface area contributed by atoms with Crippen molar-refractivity contribution in [2.75, 3.05) is 16.5 Å². The van der Waals surface area contributed by atoms with E-state index in [1.165, 1.54) is 33.5 Å². The van der Waals surface area contributed by atoms with E-state index in [0.717, 1.165) is 78.1 Å². The van der Waals surface area contributed by atoms with Crippen molar-refractivity contribution in [1.82, 2.24) is 9.55 Å². The molecule has 1 aliphatic heterocycles. The number of para-hydroxylation sites is 4. The van der Waals surface area contributed by atoms with E-state index < -0.39 is 0 Å². The monoisotopic (exact) mass is 828 g/mol. The molecular weight excluding hydrogens is 785 g/mol. The lowest BCUT2D eigenvalue weighted by Gasteiger charge is -2.27. The van der Waals surface area contributed by atoms with Gasteiger partial charge in [0, 0.05) is 51.3 Å². The highest BCUT2D eigenvalue weighted by Gasteiger charge is 2.31. The first-order valence-electron chi connectivity index (χ1n) is 21.9. The van der Waals surface area contributed by atoms with Gasteiger partial charge in [-0.25, -0.2) is 4.98 Å². The average molecular weight is 829 g/mol. The van der Waals surface area contributed by atoms with Gasteiger partial charge in [0.25, 0.3) is 0 Å². The zero-order chi connectivity index (χ0) is 42.9. The minimum absolute atomic E-state index is 0.0515. The molecule has 0 amide bonds. The van der Waals surface area contributed by atoms with Crippen LogP contribution in [0.15, 0.2) is 205 Å². The second-order valence-electron chi connectivity index (χ2n) is 17.6. The first kappa shape index (κ1) is 37.7. The number of ether oxygens (including phenoxy) is 1. The van der Waals surface area contributed by atoms with Crippen molar-refractivity contribution in [3.05, 3.63) is 206 Å². The highest BCUT2D eigenvalue weighted by Crippen LogP contribution is 2.50. The van der Waals surface area contributed by atoms with E-state index in [-0.39, 0.29) is 5.41 Å². The molecule has 0 fully saturated rings. The van der Waals surface area contributed by atoms with Crippen molar-refractivity contribution in [3.63, 3.8) is 0 Å². The third-order valence-corrected chi connectivity index (χ3v) is 12.7. The molecule has 3 aromatic heterocycles. The number of anilines is 4. The number of benzene rings is 8. The fraction of sp³-hybridized carbons (Fsp3) is 0.0862. The van der Waals surface area contributed by atoms with Crippen LogP contribution in [0.1, 0.15) is 26.3 Å².